The quantitative estimate of drug-likeness (QED) is 0.227. The number of pyridine rings is 1. The second kappa shape index (κ2) is 11.7. The van der Waals surface area contributed by atoms with Crippen molar-refractivity contribution in [1.29, 1.82) is 0 Å². The Labute approximate surface area is 226 Å². The normalized spacial score (nSPS) is 13.8. The van der Waals surface area contributed by atoms with Crippen LogP contribution in [-0.2, 0) is 14.3 Å². The predicted molar refractivity (Wildman–Crippen MR) is 152 cm³/mol. The van der Waals surface area contributed by atoms with E-state index in [4.69, 9.17) is 9.72 Å². The number of hydrogen-bond donors (Lipinski definition) is 1. The van der Waals surface area contributed by atoms with Crippen LogP contribution in [0.3, 0.4) is 0 Å². The SMILES string of the molecule is CN(C)c1ccc(-c2ccc(-c3nc4ccc(NCCOCCN5C(=O)CCCC5=O)cc4s3)cc2)cn1. The van der Waals surface area contributed by atoms with Gasteiger partial charge in [-0.1, -0.05) is 24.3 Å². The molecule has 0 spiro atoms. The van der Waals surface area contributed by atoms with Crippen LogP contribution in [0.15, 0.2) is 60.8 Å². The number of fused-ring (bicyclic) bond motifs is 1. The van der Waals surface area contributed by atoms with Crippen LogP contribution in [0, 0.1) is 0 Å². The lowest BCUT2D eigenvalue weighted by Gasteiger charge is -2.24. The summed E-state index contributed by atoms with van der Waals surface area (Å²) < 4.78 is 6.75. The maximum absolute atomic E-state index is 11.8. The lowest BCUT2D eigenvalue weighted by Crippen LogP contribution is -2.42. The fourth-order valence-electron chi connectivity index (χ4n) is 4.36. The zero-order valence-corrected chi connectivity index (χ0v) is 22.5. The van der Waals surface area contributed by atoms with Crippen molar-refractivity contribution in [3.8, 4) is 21.7 Å². The molecule has 0 bridgehead atoms. The van der Waals surface area contributed by atoms with Crippen LogP contribution in [0.4, 0.5) is 11.5 Å². The average molecular weight is 530 g/mol. The maximum Gasteiger partial charge on any atom is 0.229 e. The Morgan fingerprint density at radius 2 is 1.68 bits per heavy atom. The number of carbonyl (C=O) groups excluding carboxylic acids is 2. The first-order valence-electron chi connectivity index (χ1n) is 12.8. The molecule has 0 saturated carbocycles. The number of anilines is 2. The van der Waals surface area contributed by atoms with Gasteiger partial charge in [0.25, 0.3) is 0 Å². The van der Waals surface area contributed by atoms with Crippen molar-refractivity contribution < 1.29 is 14.3 Å². The molecule has 1 aliphatic rings. The minimum Gasteiger partial charge on any atom is -0.383 e. The number of thiazole rings is 1. The van der Waals surface area contributed by atoms with Gasteiger partial charge < -0.3 is 15.0 Å². The van der Waals surface area contributed by atoms with Gasteiger partial charge in [0.05, 0.1) is 30.0 Å². The standard InChI is InChI=1S/C29H31N5O3S/c1-33(2)26-13-10-22(19-31-26)20-6-8-21(9-7-20)29-32-24-12-11-23(18-25(24)38-29)30-14-16-37-17-15-34-27(35)4-3-5-28(34)36/h6-13,18-19,30H,3-5,14-17H2,1-2H3. The third-order valence-electron chi connectivity index (χ3n) is 6.48. The first-order chi connectivity index (χ1) is 18.5. The van der Waals surface area contributed by atoms with Gasteiger partial charge in [-0.15, -0.1) is 11.3 Å². The molecule has 9 heteroatoms. The molecule has 0 aliphatic carbocycles. The summed E-state index contributed by atoms with van der Waals surface area (Å²) in [5.74, 6) is 0.746. The molecular formula is C29H31N5O3S. The van der Waals surface area contributed by atoms with E-state index in [0.717, 1.165) is 43.4 Å². The van der Waals surface area contributed by atoms with E-state index in [0.29, 0.717) is 45.6 Å². The molecule has 5 rings (SSSR count). The first kappa shape index (κ1) is 25.8. The second-order valence-electron chi connectivity index (χ2n) is 9.41. The molecule has 1 saturated heterocycles. The summed E-state index contributed by atoms with van der Waals surface area (Å²) >= 11 is 1.67. The lowest BCUT2D eigenvalue weighted by molar-refractivity contribution is -0.148. The third kappa shape index (κ3) is 6.00. The molecule has 1 N–H and O–H groups in total. The van der Waals surface area contributed by atoms with Gasteiger partial charge in [0.15, 0.2) is 0 Å². The second-order valence-corrected chi connectivity index (χ2v) is 10.4. The molecule has 2 aromatic carbocycles. The number of ether oxygens (including phenoxy) is 1. The Morgan fingerprint density at radius 1 is 0.947 bits per heavy atom. The van der Waals surface area contributed by atoms with Crippen molar-refractivity contribution in [2.24, 2.45) is 0 Å². The van der Waals surface area contributed by atoms with Gasteiger partial charge >= 0.3 is 0 Å². The molecule has 0 atom stereocenters. The number of imide groups is 1. The van der Waals surface area contributed by atoms with Crippen molar-refractivity contribution in [1.82, 2.24) is 14.9 Å². The fourth-order valence-corrected chi connectivity index (χ4v) is 5.37. The number of piperidine rings is 1. The topological polar surface area (TPSA) is 87.7 Å². The van der Waals surface area contributed by atoms with E-state index in [1.807, 2.05) is 43.4 Å². The molecular weight excluding hydrogens is 498 g/mol. The number of likely N-dealkylation sites (tertiary alicyclic amines) is 1. The van der Waals surface area contributed by atoms with Crippen LogP contribution >= 0.6 is 11.3 Å². The molecule has 2 amide bonds. The summed E-state index contributed by atoms with van der Waals surface area (Å²) in [5, 5.41) is 4.36. The molecule has 1 aliphatic heterocycles. The number of aromatic nitrogens is 2. The largest absolute Gasteiger partial charge is 0.383 e. The Bertz CT molecular complexity index is 1400. The van der Waals surface area contributed by atoms with E-state index < -0.39 is 0 Å². The maximum atomic E-state index is 11.8. The molecule has 38 heavy (non-hydrogen) atoms. The van der Waals surface area contributed by atoms with E-state index in [2.05, 4.69) is 46.7 Å². The molecule has 1 fully saturated rings. The Kier molecular flexibility index (Phi) is 7.95. The zero-order chi connectivity index (χ0) is 26.5. The van der Waals surface area contributed by atoms with Gasteiger partial charge in [-0.05, 0) is 42.3 Å². The Hall–Kier alpha value is -3.82. The number of amides is 2. The molecule has 0 unspecified atom stereocenters. The van der Waals surface area contributed by atoms with Crippen LogP contribution in [0.5, 0.6) is 0 Å². The minimum absolute atomic E-state index is 0.0941. The average Bonchev–Trinajstić information content (AvgIpc) is 3.36. The van der Waals surface area contributed by atoms with Crippen LogP contribution in [0.25, 0.3) is 31.9 Å². The zero-order valence-electron chi connectivity index (χ0n) is 21.6. The third-order valence-corrected chi connectivity index (χ3v) is 7.55. The predicted octanol–water partition coefficient (Wildman–Crippen LogP) is 5.06. The van der Waals surface area contributed by atoms with E-state index in [1.165, 1.54) is 4.90 Å². The van der Waals surface area contributed by atoms with Gasteiger partial charge in [0.2, 0.25) is 11.8 Å². The molecule has 0 radical (unpaired) electrons. The number of nitrogens with zero attached hydrogens (tertiary/aromatic N) is 4. The first-order valence-corrected chi connectivity index (χ1v) is 13.6. The highest BCUT2D eigenvalue weighted by Crippen LogP contribution is 2.33. The number of benzene rings is 2. The number of carbonyl (C=O) groups is 2. The summed E-state index contributed by atoms with van der Waals surface area (Å²) in [6, 6.07) is 18.7. The molecule has 8 nitrogen and oxygen atoms in total. The highest BCUT2D eigenvalue weighted by Gasteiger charge is 2.25. The number of nitrogens with one attached hydrogen (secondary N) is 1. The van der Waals surface area contributed by atoms with Gasteiger partial charge in [0, 0.05) is 56.5 Å². The van der Waals surface area contributed by atoms with Gasteiger partial charge in [-0.25, -0.2) is 9.97 Å². The highest BCUT2D eigenvalue weighted by molar-refractivity contribution is 7.21. The van der Waals surface area contributed by atoms with Crippen molar-refractivity contribution in [3.05, 3.63) is 60.8 Å². The summed E-state index contributed by atoms with van der Waals surface area (Å²) in [5.41, 5.74) is 5.26. The fraction of sp³-hybridized carbons (Fsp3) is 0.310. The van der Waals surface area contributed by atoms with Gasteiger partial charge in [0.1, 0.15) is 10.8 Å². The molecule has 4 aromatic rings. The van der Waals surface area contributed by atoms with Crippen LogP contribution in [0.2, 0.25) is 0 Å². The molecule has 3 heterocycles. The summed E-state index contributed by atoms with van der Waals surface area (Å²) in [6.07, 6.45) is 3.45. The summed E-state index contributed by atoms with van der Waals surface area (Å²) in [7, 11) is 3.96. The highest BCUT2D eigenvalue weighted by atomic mass is 32.1. The smallest absolute Gasteiger partial charge is 0.229 e. The van der Waals surface area contributed by atoms with Crippen LogP contribution < -0.4 is 10.2 Å². The summed E-state index contributed by atoms with van der Waals surface area (Å²) in [4.78, 5) is 36.3. The molecule has 2 aromatic heterocycles. The van der Waals surface area contributed by atoms with Crippen molar-refractivity contribution in [2.75, 3.05) is 50.6 Å². The number of rotatable bonds is 10. The lowest BCUT2D eigenvalue weighted by atomic mass is 10.1. The van der Waals surface area contributed by atoms with Gasteiger partial charge in [-0.3, -0.25) is 14.5 Å². The Morgan fingerprint density at radius 3 is 2.39 bits per heavy atom. The van der Waals surface area contributed by atoms with E-state index in [1.54, 1.807) is 11.3 Å². The van der Waals surface area contributed by atoms with E-state index >= 15 is 0 Å². The van der Waals surface area contributed by atoms with Crippen LogP contribution in [-0.4, -0.2) is 67.1 Å². The van der Waals surface area contributed by atoms with Crippen molar-refractivity contribution in [3.63, 3.8) is 0 Å². The van der Waals surface area contributed by atoms with Crippen molar-refractivity contribution in [2.45, 2.75) is 19.3 Å². The van der Waals surface area contributed by atoms with Crippen molar-refractivity contribution >= 4 is 44.9 Å². The van der Waals surface area contributed by atoms with Gasteiger partial charge in [-0.2, -0.15) is 0 Å². The van der Waals surface area contributed by atoms with E-state index in [-0.39, 0.29) is 11.8 Å². The molecule has 196 valence electrons. The number of hydrogen-bond acceptors (Lipinski definition) is 8. The van der Waals surface area contributed by atoms with E-state index in [9.17, 15) is 9.59 Å². The Balaban J connectivity index is 1.14. The minimum atomic E-state index is -0.0941. The summed E-state index contributed by atoms with van der Waals surface area (Å²) in [6.45, 7) is 1.80. The monoisotopic (exact) mass is 529 g/mol. The van der Waals surface area contributed by atoms with Crippen LogP contribution in [0.1, 0.15) is 19.3 Å².